The number of aromatic amines is 1. The molecule has 0 fully saturated rings. The fourth-order valence-corrected chi connectivity index (χ4v) is 2.50. The number of ether oxygens (including phenoxy) is 1. The van der Waals surface area contributed by atoms with Gasteiger partial charge >= 0.3 is 10.7 Å². The highest BCUT2D eigenvalue weighted by molar-refractivity contribution is 8.00. The van der Waals surface area contributed by atoms with Gasteiger partial charge in [-0.1, -0.05) is 16.8 Å². The van der Waals surface area contributed by atoms with Gasteiger partial charge < -0.3 is 10.1 Å². The van der Waals surface area contributed by atoms with Crippen LogP contribution in [0.5, 0.6) is 5.75 Å². The smallest absolute Gasteiger partial charge is 0.441 e. The molecule has 0 aliphatic carbocycles. The van der Waals surface area contributed by atoms with Crippen molar-refractivity contribution in [2.75, 3.05) is 12.4 Å². The van der Waals surface area contributed by atoms with Crippen LogP contribution >= 0.6 is 11.8 Å². The highest BCUT2D eigenvalue weighted by Gasteiger charge is 2.25. The molecule has 1 amide bonds. The number of thioether (sulfide) groups is 1. The van der Waals surface area contributed by atoms with Gasteiger partial charge in [-0.05, 0) is 36.1 Å². The van der Waals surface area contributed by atoms with Crippen LogP contribution in [0.2, 0.25) is 0 Å². The molecule has 7 nitrogen and oxygen atoms in total. The Hall–Kier alpha value is -2.22. The summed E-state index contributed by atoms with van der Waals surface area (Å²) in [4.78, 5) is 23.7. The monoisotopic (exact) mass is 310 g/mol. The van der Waals surface area contributed by atoms with Gasteiger partial charge in [-0.15, -0.1) is 0 Å². The molecule has 1 heterocycles. The molecule has 0 saturated carbocycles. The molecule has 2 aromatic rings. The zero-order chi connectivity index (χ0) is 15.4. The van der Waals surface area contributed by atoms with Crippen molar-refractivity contribution in [3.05, 3.63) is 34.7 Å². The summed E-state index contributed by atoms with van der Waals surface area (Å²) in [6.07, 6.45) is 0. The van der Waals surface area contributed by atoms with Crippen molar-refractivity contribution in [3.63, 3.8) is 0 Å². The van der Waals surface area contributed by atoms with Gasteiger partial charge in [0.2, 0.25) is 5.91 Å². The summed E-state index contributed by atoms with van der Waals surface area (Å²) >= 11 is 1.12. The number of aromatic nitrogens is 2. The molecule has 0 aliphatic heterocycles. The van der Waals surface area contributed by atoms with Gasteiger partial charge in [-0.2, -0.15) is 0 Å². The van der Waals surface area contributed by atoms with E-state index in [2.05, 4.69) is 15.1 Å². The Bertz CT molecular complexity index is 695. The number of nitrogens with one attached hydrogen (secondary N) is 2. The number of carbonyl (C=O) groups excluding carboxylic acids is 1. The van der Waals surface area contributed by atoms with Crippen LogP contribution in [0.1, 0.15) is 6.92 Å². The van der Waals surface area contributed by atoms with E-state index in [1.807, 2.05) is 6.07 Å². The summed E-state index contributed by atoms with van der Waals surface area (Å²) in [6, 6.07) is 7.13. The number of benzene rings is 1. The van der Waals surface area contributed by atoms with Crippen molar-refractivity contribution in [2.45, 2.75) is 17.2 Å². The average Bonchev–Trinajstić information content (AvgIpc) is 2.79. The summed E-state index contributed by atoms with van der Waals surface area (Å²) in [5, 5.41) is 5.04. The fourth-order valence-electron chi connectivity index (χ4n) is 1.66. The molecular formula is C13H16N3O4S+. The Balaban J connectivity index is 2.08. The van der Waals surface area contributed by atoms with Gasteiger partial charge in [0.15, 0.2) is 7.05 Å². The van der Waals surface area contributed by atoms with Crippen LogP contribution in [0.4, 0.5) is 5.69 Å². The van der Waals surface area contributed by atoms with E-state index in [4.69, 9.17) is 4.74 Å². The van der Waals surface area contributed by atoms with Crippen molar-refractivity contribution in [2.24, 2.45) is 7.05 Å². The Morgan fingerprint density at radius 2 is 2.19 bits per heavy atom. The summed E-state index contributed by atoms with van der Waals surface area (Å²) in [5.74, 6) is 0.347. The van der Waals surface area contributed by atoms with Crippen molar-refractivity contribution in [1.82, 2.24) is 5.27 Å². The number of amides is 1. The minimum atomic E-state index is -0.501. The van der Waals surface area contributed by atoms with Crippen molar-refractivity contribution in [3.8, 4) is 5.75 Å². The lowest BCUT2D eigenvalue weighted by Gasteiger charge is -2.12. The molecule has 0 aliphatic rings. The van der Waals surface area contributed by atoms with E-state index in [0.29, 0.717) is 16.5 Å². The third kappa shape index (κ3) is 3.46. The minimum Gasteiger partial charge on any atom is -0.495 e. The molecule has 0 saturated heterocycles. The number of carbonyl (C=O) groups is 1. The third-order valence-electron chi connectivity index (χ3n) is 2.78. The number of methoxy groups -OCH3 is 1. The van der Waals surface area contributed by atoms with E-state index < -0.39 is 10.9 Å². The molecule has 2 N–H and O–H groups in total. The van der Waals surface area contributed by atoms with E-state index in [1.54, 1.807) is 32.2 Å². The first-order valence-corrected chi connectivity index (χ1v) is 7.09. The molecule has 2 rings (SSSR count). The molecule has 112 valence electrons. The highest BCUT2D eigenvalue weighted by Crippen LogP contribution is 2.25. The highest BCUT2D eigenvalue weighted by atomic mass is 32.2. The summed E-state index contributed by atoms with van der Waals surface area (Å²) < 4.78 is 11.2. The second kappa shape index (κ2) is 6.49. The molecule has 8 heteroatoms. The number of para-hydroxylation sites is 2. The van der Waals surface area contributed by atoms with Gasteiger partial charge in [-0.25, -0.2) is 4.79 Å². The molecule has 1 unspecified atom stereocenters. The molecule has 1 aromatic carbocycles. The lowest BCUT2D eigenvalue weighted by molar-refractivity contribution is -0.772. The lowest BCUT2D eigenvalue weighted by atomic mass is 10.3. The standard InChI is InChI=1S/C13H15N3O4S/c1-8(21-12-13(18)20-15-16(12)2)11(17)14-9-6-4-5-7-10(9)19-3/h4-8H,1-3H3,(H-,14,15,17,18)/p+1. The number of hydrogen-bond donors (Lipinski definition) is 2. The second-order valence-electron chi connectivity index (χ2n) is 4.29. The Morgan fingerprint density at radius 1 is 1.48 bits per heavy atom. The Labute approximate surface area is 125 Å². The molecule has 21 heavy (non-hydrogen) atoms. The van der Waals surface area contributed by atoms with E-state index in [1.165, 1.54) is 11.8 Å². The predicted molar refractivity (Wildman–Crippen MR) is 77.4 cm³/mol. The number of nitrogens with zero attached hydrogens (tertiary/aromatic N) is 1. The van der Waals surface area contributed by atoms with Crippen LogP contribution < -0.4 is 20.4 Å². The van der Waals surface area contributed by atoms with Crippen LogP contribution in [-0.2, 0) is 11.8 Å². The van der Waals surface area contributed by atoms with Gasteiger partial charge in [0.1, 0.15) is 5.75 Å². The number of hydrogen-bond acceptors (Lipinski definition) is 5. The normalized spacial score (nSPS) is 12.0. The maximum absolute atomic E-state index is 12.2. The number of H-pyrrole nitrogens is 1. The molecular weight excluding hydrogens is 294 g/mol. The minimum absolute atomic E-state index is 0.231. The zero-order valence-electron chi connectivity index (χ0n) is 11.9. The first-order chi connectivity index (χ1) is 10.0. The predicted octanol–water partition coefficient (Wildman–Crippen LogP) is 0.920. The van der Waals surface area contributed by atoms with Crippen LogP contribution in [0.25, 0.3) is 0 Å². The quantitative estimate of drug-likeness (QED) is 0.633. The average molecular weight is 310 g/mol. The topological polar surface area (TPSA) is 88.2 Å². The maximum atomic E-state index is 12.2. The largest absolute Gasteiger partial charge is 0.495 e. The molecule has 0 radical (unpaired) electrons. The first-order valence-electron chi connectivity index (χ1n) is 6.21. The van der Waals surface area contributed by atoms with Crippen LogP contribution in [0.15, 0.2) is 38.6 Å². The number of rotatable bonds is 5. The summed E-state index contributed by atoms with van der Waals surface area (Å²) in [7, 11) is 3.17. The fraction of sp³-hybridized carbons (Fsp3) is 0.308. The van der Waals surface area contributed by atoms with Crippen LogP contribution in [-0.4, -0.2) is 23.5 Å². The van der Waals surface area contributed by atoms with Crippen molar-refractivity contribution < 1.29 is 18.7 Å². The van der Waals surface area contributed by atoms with Gasteiger partial charge in [0, 0.05) is 0 Å². The van der Waals surface area contributed by atoms with Crippen molar-refractivity contribution >= 4 is 23.4 Å². The SMILES string of the molecule is COc1ccccc1NC(=O)C(C)Sc1c(=O)o[nH][n+]1C. The molecule has 0 bridgehead atoms. The van der Waals surface area contributed by atoms with Crippen molar-refractivity contribution in [1.29, 1.82) is 0 Å². The van der Waals surface area contributed by atoms with E-state index >= 15 is 0 Å². The Kier molecular flexibility index (Phi) is 4.69. The van der Waals surface area contributed by atoms with Crippen LogP contribution in [0.3, 0.4) is 0 Å². The molecule has 0 spiro atoms. The van der Waals surface area contributed by atoms with E-state index in [0.717, 1.165) is 11.8 Å². The lowest BCUT2D eigenvalue weighted by Crippen LogP contribution is -2.35. The molecule has 1 atom stereocenters. The Morgan fingerprint density at radius 3 is 2.81 bits per heavy atom. The number of anilines is 1. The van der Waals surface area contributed by atoms with Crippen LogP contribution in [0, 0.1) is 0 Å². The summed E-state index contributed by atoms with van der Waals surface area (Å²) in [5.41, 5.74) is 0.0855. The maximum Gasteiger partial charge on any atom is 0.441 e. The molecule has 1 aromatic heterocycles. The third-order valence-corrected chi connectivity index (χ3v) is 4.01. The number of aryl methyl sites for hydroxylation is 1. The van der Waals surface area contributed by atoms with Gasteiger partial charge in [0.25, 0.3) is 0 Å². The summed E-state index contributed by atoms with van der Waals surface area (Å²) in [6.45, 7) is 1.71. The first kappa shape index (κ1) is 15.2. The van der Waals surface area contributed by atoms with E-state index in [-0.39, 0.29) is 5.91 Å². The second-order valence-corrected chi connectivity index (χ2v) is 5.62. The van der Waals surface area contributed by atoms with Gasteiger partial charge in [0.05, 0.1) is 18.0 Å². The van der Waals surface area contributed by atoms with E-state index in [9.17, 15) is 9.59 Å². The zero-order valence-corrected chi connectivity index (χ0v) is 12.7. The van der Waals surface area contributed by atoms with Gasteiger partial charge in [-0.3, -0.25) is 9.32 Å².